The highest BCUT2D eigenvalue weighted by Crippen LogP contribution is 2.33. The molecule has 1 aliphatic rings. The first-order chi connectivity index (χ1) is 8.12. The number of rotatable bonds is 1. The van der Waals surface area contributed by atoms with Crippen LogP contribution in [-0.2, 0) is 10.3 Å². The summed E-state index contributed by atoms with van der Waals surface area (Å²) in [6, 6.07) is 5.81. The van der Waals surface area contributed by atoms with Gasteiger partial charge in [0.25, 0.3) is 0 Å². The van der Waals surface area contributed by atoms with E-state index in [9.17, 15) is 0 Å². The SMILES string of the molecule is CC1(n2c(=S)[nH]c3cccc(Cl)c32)CCOC1. The van der Waals surface area contributed by atoms with Gasteiger partial charge >= 0.3 is 0 Å². The van der Waals surface area contributed by atoms with Crippen LogP contribution in [0.1, 0.15) is 13.3 Å². The predicted molar refractivity (Wildman–Crippen MR) is 71.2 cm³/mol. The van der Waals surface area contributed by atoms with Crippen molar-refractivity contribution in [2.75, 3.05) is 13.2 Å². The van der Waals surface area contributed by atoms with Gasteiger partial charge in [0.15, 0.2) is 4.77 Å². The van der Waals surface area contributed by atoms with Crippen molar-refractivity contribution in [2.45, 2.75) is 18.9 Å². The number of ether oxygens (including phenoxy) is 1. The van der Waals surface area contributed by atoms with E-state index in [1.807, 2.05) is 18.2 Å². The Kier molecular flexibility index (Phi) is 2.54. The monoisotopic (exact) mass is 268 g/mol. The van der Waals surface area contributed by atoms with E-state index in [1.54, 1.807) is 0 Å². The number of hydrogen-bond acceptors (Lipinski definition) is 2. The Morgan fingerprint density at radius 3 is 3.06 bits per heavy atom. The first-order valence-electron chi connectivity index (χ1n) is 5.59. The molecule has 5 heteroatoms. The lowest BCUT2D eigenvalue weighted by Gasteiger charge is -2.25. The number of aromatic amines is 1. The first kappa shape index (κ1) is 11.3. The average Bonchev–Trinajstić information content (AvgIpc) is 2.83. The van der Waals surface area contributed by atoms with Crippen molar-refractivity contribution in [1.29, 1.82) is 0 Å². The fourth-order valence-corrected chi connectivity index (χ4v) is 3.14. The lowest BCUT2D eigenvalue weighted by Crippen LogP contribution is -2.30. The molecule has 1 aromatic carbocycles. The van der Waals surface area contributed by atoms with Crippen molar-refractivity contribution in [1.82, 2.24) is 9.55 Å². The molecule has 0 radical (unpaired) electrons. The van der Waals surface area contributed by atoms with Crippen molar-refractivity contribution in [3.05, 3.63) is 28.0 Å². The number of H-pyrrole nitrogens is 1. The van der Waals surface area contributed by atoms with Crippen molar-refractivity contribution >= 4 is 34.9 Å². The van der Waals surface area contributed by atoms with Crippen LogP contribution >= 0.6 is 23.8 Å². The van der Waals surface area contributed by atoms with Crippen molar-refractivity contribution < 1.29 is 4.74 Å². The molecule has 0 amide bonds. The number of halogens is 1. The first-order valence-corrected chi connectivity index (χ1v) is 6.38. The summed E-state index contributed by atoms with van der Waals surface area (Å²) in [6.45, 7) is 3.61. The summed E-state index contributed by atoms with van der Waals surface area (Å²) in [5, 5.41) is 0.725. The third kappa shape index (κ3) is 1.63. The molecule has 1 N–H and O–H groups in total. The lowest BCUT2D eigenvalue weighted by molar-refractivity contribution is 0.162. The maximum absolute atomic E-state index is 6.29. The third-order valence-electron chi connectivity index (χ3n) is 3.39. The number of hydrogen-bond donors (Lipinski definition) is 1. The summed E-state index contributed by atoms with van der Waals surface area (Å²) in [7, 11) is 0. The van der Waals surface area contributed by atoms with Crippen molar-refractivity contribution in [3.63, 3.8) is 0 Å². The van der Waals surface area contributed by atoms with E-state index in [0.29, 0.717) is 11.4 Å². The van der Waals surface area contributed by atoms with Crippen LogP contribution in [0.2, 0.25) is 5.02 Å². The Morgan fingerprint density at radius 2 is 2.35 bits per heavy atom. The summed E-state index contributed by atoms with van der Waals surface area (Å²) in [5.74, 6) is 0. The molecule has 3 nitrogen and oxygen atoms in total. The van der Waals surface area contributed by atoms with Gasteiger partial charge in [-0.1, -0.05) is 17.7 Å². The summed E-state index contributed by atoms with van der Waals surface area (Å²) >= 11 is 11.7. The molecule has 0 saturated carbocycles. The van der Waals surface area contributed by atoms with Crippen LogP contribution in [0.25, 0.3) is 11.0 Å². The van der Waals surface area contributed by atoms with Gasteiger partial charge in [-0.3, -0.25) is 0 Å². The topological polar surface area (TPSA) is 29.9 Å². The van der Waals surface area contributed by atoms with Gasteiger partial charge < -0.3 is 14.3 Å². The van der Waals surface area contributed by atoms with Crippen molar-refractivity contribution in [2.24, 2.45) is 0 Å². The second-order valence-corrected chi connectivity index (χ2v) is 5.49. The molecular formula is C12H13ClN2OS. The fourth-order valence-electron chi connectivity index (χ4n) is 2.46. The van der Waals surface area contributed by atoms with E-state index in [2.05, 4.69) is 16.5 Å². The molecule has 0 bridgehead atoms. The number of benzene rings is 1. The molecule has 90 valence electrons. The molecule has 1 unspecified atom stereocenters. The van der Waals surface area contributed by atoms with Crippen LogP contribution in [0.4, 0.5) is 0 Å². The highest BCUT2D eigenvalue weighted by Gasteiger charge is 2.34. The van der Waals surface area contributed by atoms with E-state index >= 15 is 0 Å². The van der Waals surface area contributed by atoms with Gasteiger partial charge in [0.05, 0.1) is 28.2 Å². The highest BCUT2D eigenvalue weighted by atomic mass is 35.5. The summed E-state index contributed by atoms with van der Waals surface area (Å²) in [4.78, 5) is 3.21. The van der Waals surface area contributed by atoms with Crippen LogP contribution < -0.4 is 0 Å². The van der Waals surface area contributed by atoms with Crippen molar-refractivity contribution in [3.8, 4) is 0 Å². The number of fused-ring (bicyclic) bond motifs is 1. The number of nitrogens with zero attached hydrogens (tertiary/aromatic N) is 1. The van der Waals surface area contributed by atoms with Gasteiger partial charge in [0.1, 0.15) is 0 Å². The zero-order chi connectivity index (χ0) is 12.0. The zero-order valence-corrected chi connectivity index (χ0v) is 11.1. The van der Waals surface area contributed by atoms with Crippen LogP contribution in [0.15, 0.2) is 18.2 Å². The number of nitrogens with one attached hydrogen (secondary N) is 1. The zero-order valence-electron chi connectivity index (χ0n) is 9.50. The molecule has 1 atom stereocenters. The Bertz CT molecular complexity index is 625. The fraction of sp³-hybridized carbons (Fsp3) is 0.417. The molecule has 0 aliphatic carbocycles. The van der Waals surface area contributed by atoms with Gasteiger partial charge in [-0.15, -0.1) is 0 Å². The molecule has 2 aromatic rings. The molecule has 3 rings (SSSR count). The second-order valence-electron chi connectivity index (χ2n) is 4.70. The average molecular weight is 269 g/mol. The molecule has 17 heavy (non-hydrogen) atoms. The number of imidazole rings is 1. The van der Waals surface area contributed by atoms with Gasteiger partial charge in [0, 0.05) is 6.61 Å². The highest BCUT2D eigenvalue weighted by molar-refractivity contribution is 7.71. The predicted octanol–water partition coefficient (Wildman–Crippen LogP) is 3.49. The van der Waals surface area contributed by atoms with E-state index in [-0.39, 0.29) is 5.54 Å². The normalized spacial score (nSPS) is 24.6. The van der Waals surface area contributed by atoms with Gasteiger partial charge in [-0.25, -0.2) is 0 Å². The van der Waals surface area contributed by atoms with Gasteiger partial charge in [-0.2, -0.15) is 0 Å². The Labute approximate surface area is 109 Å². The lowest BCUT2D eigenvalue weighted by atomic mass is 10.0. The quantitative estimate of drug-likeness (QED) is 0.803. The number of aromatic nitrogens is 2. The van der Waals surface area contributed by atoms with E-state index in [1.165, 1.54) is 0 Å². The second kappa shape index (κ2) is 3.83. The standard InChI is InChI=1S/C12H13ClN2OS/c1-12(5-6-16-7-12)15-10-8(13)3-2-4-9(10)14-11(15)17/h2-4H,5-7H2,1H3,(H,14,17). The van der Waals surface area contributed by atoms with E-state index in [4.69, 9.17) is 28.6 Å². The molecule has 1 fully saturated rings. The summed E-state index contributed by atoms with van der Waals surface area (Å²) < 4.78 is 8.32. The Balaban J connectivity index is 2.35. The largest absolute Gasteiger partial charge is 0.379 e. The van der Waals surface area contributed by atoms with E-state index < -0.39 is 0 Å². The maximum atomic E-state index is 6.29. The minimum atomic E-state index is -0.0969. The van der Waals surface area contributed by atoms with E-state index in [0.717, 1.165) is 29.1 Å². The molecule has 1 aromatic heterocycles. The Hall–Kier alpha value is -0.840. The van der Waals surface area contributed by atoms with Crippen LogP contribution in [0.5, 0.6) is 0 Å². The van der Waals surface area contributed by atoms with Gasteiger partial charge in [0.2, 0.25) is 0 Å². The minimum absolute atomic E-state index is 0.0969. The molecule has 2 heterocycles. The Morgan fingerprint density at radius 1 is 1.53 bits per heavy atom. The third-order valence-corrected chi connectivity index (χ3v) is 3.98. The molecular weight excluding hydrogens is 256 g/mol. The van der Waals surface area contributed by atoms with Gasteiger partial charge in [-0.05, 0) is 37.7 Å². The maximum Gasteiger partial charge on any atom is 0.178 e. The van der Waals surface area contributed by atoms with Crippen LogP contribution in [0.3, 0.4) is 0 Å². The molecule has 0 spiro atoms. The number of para-hydroxylation sites is 1. The summed E-state index contributed by atoms with van der Waals surface area (Å²) in [6.07, 6.45) is 0.958. The molecule has 1 saturated heterocycles. The minimum Gasteiger partial charge on any atom is -0.379 e. The summed E-state index contributed by atoms with van der Waals surface area (Å²) in [5.41, 5.74) is 1.86. The molecule has 1 aliphatic heterocycles. The van der Waals surface area contributed by atoms with Crippen LogP contribution in [-0.4, -0.2) is 22.8 Å². The van der Waals surface area contributed by atoms with Crippen LogP contribution in [0, 0.1) is 4.77 Å². The smallest absolute Gasteiger partial charge is 0.178 e.